The summed E-state index contributed by atoms with van der Waals surface area (Å²) in [5.41, 5.74) is 0.513. The molecule has 0 aliphatic carbocycles. The Bertz CT molecular complexity index is 412. The first-order chi connectivity index (χ1) is 8.72. The molecule has 0 unspecified atom stereocenters. The fraction of sp³-hybridized carbons (Fsp3) is 0.765. The Morgan fingerprint density at radius 2 is 1.68 bits per heavy atom. The van der Waals surface area contributed by atoms with Gasteiger partial charge in [-0.15, -0.1) is 0 Å². The molecule has 0 atom stereocenters. The Kier molecular flexibility index (Phi) is 3.83. The van der Waals surface area contributed by atoms with E-state index in [4.69, 9.17) is 4.42 Å². The first-order valence-corrected chi connectivity index (χ1v) is 7.59. The van der Waals surface area contributed by atoms with Crippen molar-refractivity contribution in [2.45, 2.75) is 84.3 Å². The molecule has 19 heavy (non-hydrogen) atoms. The zero-order valence-electron chi connectivity index (χ0n) is 13.4. The molecule has 0 amide bonds. The van der Waals surface area contributed by atoms with Gasteiger partial charge in [-0.2, -0.15) is 0 Å². The lowest BCUT2D eigenvalue weighted by Crippen LogP contribution is -2.57. The molecular weight excluding hydrogens is 234 g/mol. The Morgan fingerprint density at radius 1 is 1.11 bits per heavy atom. The molecule has 0 saturated carbocycles. The normalized spacial score (nSPS) is 22.9. The van der Waals surface area contributed by atoms with Gasteiger partial charge in [0.1, 0.15) is 11.5 Å². The lowest BCUT2D eigenvalue weighted by molar-refractivity contribution is -0.0386. The second-order valence-electron chi connectivity index (χ2n) is 7.52. The number of furan rings is 1. The minimum Gasteiger partial charge on any atom is -0.464 e. The summed E-state index contributed by atoms with van der Waals surface area (Å²) >= 11 is 0. The third-order valence-corrected chi connectivity index (χ3v) is 4.60. The molecule has 1 fully saturated rings. The topological polar surface area (TPSA) is 16.4 Å². The second kappa shape index (κ2) is 4.97. The molecule has 1 saturated heterocycles. The Hall–Kier alpha value is -0.760. The van der Waals surface area contributed by atoms with Crippen molar-refractivity contribution in [2.75, 3.05) is 0 Å². The van der Waals surface area contributed by atoms with Crippen LogP contribution < -0.4 is 0 Å². The van der Waals surface area contributed by atoms with Crippen molar-refractivity contribution < 1.29 is 4.42 Å². The zero-order valence-corrected chi connectivity index (χ0v) is 13.4. The van der Waals surface area contributed by atoms with Crippen molar-refractivity contribution in [3.05, 3.63) is 23.7 Å². The summed E-state index contributed by atoms with van der Waals surface area (Å²) in [6.45, 7) is 14.7. The number of nitrogens with zero attached hydrogens (tertiary/aromatic N) is 1. The maximum Gasteiger partial charge on any atom is 0.118 e. The monoisotopic (exact) mass is 263 g/mol. The van der Waals surface area contributed by atoms with Gasteiger partial charge in [0.25, 0.3) is 0 Å². The van der Waals surface area contributed by atoms with Crippen molar-refractivity contribution in [3.8, 4) is 0 Å². The largest absolute Gasteiger partial charge is 0.464 e. The van der Waals surface area contributed by atoms with E-state index in [-0.39, 0.29) is 11.1 Å². The van der Waals surface area contributed by atoms with Crippen LogP contribution in [0, 0.1) is 0 Å². The van der Waals surface area contributed by atoms with Crippen LogP contribution in [0.25, 0.3) is 0 Å². The van der Waals surface area contributed by atoms with Gasteiger partial charge in [-0.1, -0.05) is 13.8 Å². The lowest BCUT2D eigenvalue weighted by Gasteiger charge is -2.52. The number of rotatable bonds is 3. The van der Waals surface area contributed by atoms with E-state index >= 15 is 0 Å². The maximum atomic E-state index is 5.99. The Labute approximate surface area is 118 Å². The number of piperidine rings is 1. The molecule has 2 rings (SSSR count). The summed E-state index contributed by atoms with van der Waals surface area (Å²) < 4.78 is 5.99. The van der Waals surface area contributed by atoms with Crippen LogP contribution in [0.3, 0.4) is 0 Å². The van der Waals surface area contributed by atoms with Crippen LogP contribution in [0.1, 0.15) is 78.2 Å². The van der Waals surface area contributed by atoms with E-state index in [1.54, 1.807) is 0 Å². The minimum absolute atomic E-state index is 0.256. The first kappa shape index (κ1) is 14.6. The SMILES string of the molecule is CC(C)c1ccc(CN2C(C)(C)CCCC2(C)C)o1. The smallest absolute Gasteiger partial charge is 0.118 e. The van der Waals surface area contributed by atoms with Crippen LogP contribution in [0.5, 0.6) is 0 Å². The van der Waals surface area contributed by atoms with Gasteiger partial charge in [0.05, 0.1) is 6.54 Å². The third-order valence-electron chi connectivity index (χ3n) is 4.60. The molecule has 0 aromatic carbocycles. The molecule has 2 heterocycles. The van der Waals surface area contributed by atoms with Gasteiger partial charge >= 0.3 is 0 Å². The molecule has 108 valence electrons. The molecule has 0 N–H and O–H groups in total. The highest BCUT2D eigenvalue weighted by atomic mass is 16.3. The van der Waals surface area contributed by atoms with Gasteiger partial charge in [0.2, 0.25) is 0 Å². The maximum absolute atomic E-state index is 5.99. The van der Waals surface area contributed by atoms with Crippen molar-refractivity contribution in [2.24, 2.45) is 0 Å². The van der Waals surface area contributed by atoms with Crippen molar-refractivity contribution in [1.82, 2.24) is 4.90 Å². The van der Waals surface area contributed by atoms with Crippen molar-refractivity contribution in [3.63, 3.8) is 0 Å². The Morgan fingerprint density at radius 3 is 2.16 bits per heavy atom. The van der Waals surface area contributed by atoms with E-state index in [1.807, 2.05) is 0 Å². The second-order valence-corrected chi connectivity index (χ2v) is 7.52. The summed E-state index contributed by atoms with van der Waals surface area (Å²) in [6, 6.07) is 4.28. The van der Waals surface area contributed by atoms with Crippen LogP contribution in [0.15, 0.2) is 16.5 Å². The van der Waals surface area contributed by atoms with Crippen LogP contribution in [-0.2, 0) is 6.54 Å². The van der Waals surface area contributed by atoms with E-state index in [2.05, 4.69) is 58.6 Å². The molecule has 2 nitrogen and oxygen atoms in total. The summed E-state index contributed by atoms with van der Waals surface area (Å²) in [4.78, 5) is 2.62. The van der Waals surface area contributed by atoms with Gasteiger partial charge in [-0.25, -0.2) is 0 Å². The van der Waals surface area contributed by atoms with Crippen LogP contribution in [0.2, 0.25) is 0 Å². The van der Waals surface area contributed by atoms with E-state index in [9.17, 15) is 0 Å². The predicted molar refractivity (Wildman–Crippen MR) is 80.3 cm³/mol. The van der Waals surface area contributed by atoms with Gasteiger partial charge in [-0.3, -0.25) is 4.90 Å². The summed E-state index contributed by atoms with van der Waals surface area (Å²) in [7, 11) is 0. The van der Waals surface area contributed by atoms with E-state index in [0.29, 0.717) is 5.92 Å². The molecular formula is C17H29NO. The molecule has 1 aliphatic rings. The predicted octanol–water partition coefficient (Wildman–Crippen LogP) is 4.95. The van der Waals surface area contributed by atoms with Crippen LogP contribution in [-0.4, -0.2) is 16.0 Å². The van der Waals surface area contributed by atoms with E-state index < -0.39 is 0 Å². The summed E-state index contributed by atoms with van der Waals surface area (Å²) in [5.74, 6) is 2.67. The highest BCUT2D eigenvalue weighted by Crippen LogP contribution is 2.39. The van der Waals surface area contributed by atoms with Crippen molar-refractivity contribution >= 4 is 0 Å². The summed E-state index contributed by atoms with van der Waals surface area (Å²) in [6.07, 6.45) is 3.87. The number of hydrogen-bond donors (Lipinski definition) is 0. The van der Waals surface area contributed by atoms with Gasteiger partial charge in [0.15, 0.2) is 0 Å². The van der Waals surface area contributed by atoms with Gasteiger partial charge in [0, 0.05) is 17.0 Å². The zero-order chi connectivity index (χ0) is 14.3. The van der Waals surface area contributed by atoms with Crippen LogP contribution in [0.4, 0.5) is 0 Å². The average molecular weight is 263 g/mol. The first-order valence-electron chi connectivity index (χ1n) is 7.59. The average Bonchev–Trinajstić information content (AvgIpc) is 2.71. The highest BCUT2D eigenvalue weighted by Gasteiger charge is 2.41. The van der Waals surface area contributed by atoms with E-state index in [0.717, 1.165) is 18.1 Å². The Balaban J connectivity index is 2.18. The minimum atomic E-state index is 0.256. The fourth-order valence-corrected chi connectivity index (χ4v) is 3.42. The van der Waals surface area contributed by atoms with Crippen molar-refractivity contribution in [1.29, 1.82) is 0 Å². The molecule has 0 radical (unpaired) electrons. The molecule has 0 bridgehead atoms. The molecule has 2 heteroatoms. The molecule has 0 spiro atoms. The third kappa shape index (κ3) is 3.05. The molecule has 1 aliphatic heterocycles. The highest BCUT2D eigenvalue weighted by molar-refractivity contribution is 5.11. The van der Waals surface area contributed by atoms with Crippen LogP contribution >= 0.6 is 0 Å². The quantitative estimate of drug-likeness (QED) is 0.767. The fourth-order valence-electron chi connectivity index (χ4n) is 3.42. The molecule has 1 aromatic heterocycles. The van der Waals surface area contributed by atoms with E-state index in [1.165, 1.54) is 19.3 Å². The lowest BCUT2D eigenvalue weighted by atomic mass is 9.80. The van der Waals surface area contributed by atoms with Gasteiger partial charge < -0.3 is 4.42 Å². The number of likely N-dealkylation sites (tertiary alicyclic amines) is 1. The number of hydrogen-bond acceptors (Lipinski definition) is 2. The standard InChI is InChI=1S/C17H29NO/c1-13(2)15-9-8-14(19-15)12-18-16(3,4)10-7-11-17(18,5)6/h8-9,13H,7,10-12H2,1-6H3. The van der Waals surface area contributed by atoms with Gasteiger partial charge in [-0.05, 0) is 59.1 Å². The molecule has 1 aromatic rings. The summed E-state index contributed by atoms with van der Waals surface area (Å²) in [5, 5.41) is 0.